The second kappa shape index (κ2) is 5.49. The number of amides is 1. The second-order valence-electron chi connectivity index (χ2n) is 4.35. The number of aromatic nitrogens is 1. The van der Waals surface area contributed by atoms with Crippen molar-refractivity contribution in [3.05, 3.63) is 30.1 Å². The van der Waals surface area contributed by atoms with Crippen molar-refractivity contribution in [2.24, 2.45) is 5.92 Å². The number of hydrogen-bond acceptors (Lipinski definition) is 2. The van der Waals surface area contributed by atoms with Crippen molar-refractivity contribution in [2.75, 3.05) is 0 Å². The van der Waals surface area contributed by atoms with E-state index >= 15 is 0 Å². The maximum absolute atomic E-state index is 11.9. The topological polar surface area (TPSA) is 42.0 Å². The molecular weight excluding hydrogens is 212 g/mol. The highest BCUT2D eigenvalue weighted by molar-refractivity contribution is 5.92. The number of nitrogens with one attached hydrogen (secondary N) is 1. The Balaban J connectivity index is 2.01. The number of carbonyl (C=O) groups excluding carboxylic acids is 1. The number of rotatable bonds is 2. The molecular formula is C14H16N2O. The summed E-state index contributed by atoms with van der Waals surface area (Å²) in [5, 5.41) is 2.99. The fraction of sp³-hybridized carbons (Fsp3) is 0.429. The molecule has 1 heterocycles. The van der Waals surface area contributed by atoms with Crippen molar-refractivity contribution in [3.63, 3.8) is 0 Å². The standard InChI is InChI=1S/C14H16N2O/c1-2-11-7-3-4-8-12(11)16-14(17)13-9-5-6-10-15-13/h1,5-6,9-12H,3-4,7-8H2,(H,16,17). The van der Waals surface area contributed by atoms with E-state index in [1.165, 1.54) is 0 Å². The van der Waals surface area contributed by atoms with Gasteiger partial charge in [0.15, 0.2) is 0 Å². The van der Waals surface area contributed by atoms with Crippen LogP contribution >= 0.6 is 0 Å². The average Bonchev–Trinajstić information content (AvgIpc) is 2.40. The Labute approximate surface area is 102 Å². The van der Waals surface area contributed by atoms with E-state index in [0.29, 0.717) is 5.69 Å². The van der Waals surface area contributed by atoms with Crippen molar-refractivity contribution in [3.8, 4) is 12.3 Å². The summed E-state index contributed by atoms with van der Waals surface area (Å²) in [5.74, 6) is 2.81. The molecule has 3 heteroatoms. The van der Waals surface area contributed by atoms with Gasteiger partial charge in [-0.25, -0.2) is 0 Å². The molecule has 1 aliphatic rings. The highest BCUT2D eigenvalue weighted by atomic mass is 16.1. The highest BCUT2D eigenvalue weighted by Crippen LogP contribution is 2.23. The van der Waals surface area contributed by atoms with Gasteiger partial charge in [0, 0.05) is 18.2 Å². The summed E-state index contributed by atoms with van der Waals surface area (Å²) in [5.41, 5.74) is 0.453. The van der Waals surface area contributed by atoms with Crippen molar-refractivity contribution in [2.45, 2.75) is 31.7 Å². The predicted molar refractivity (Wildman–Crippen MR) is 66.3 cm³/mol. The third-order valence-corrected chi connectivity index (χ3v) is 3.19. The summed E-state index contributed by atoms with van der Waals surface area (Å²) in [6, 6.07) is 5.41. The molecule has 1 fully saturated rings. The zero-order valence-electron chi connectivity index (χ0n) is 9.73. The molecule has 1 aliphatic carbocycles. The second-order valence-corrected chi connectivity index (χ2v) is 4.35. The maximum Gasteiger partial charge on any atom is 0.270 e. The van der Waals surface area contributed by atoms with Gasteiger partial charge in [0.25, 0.3) is 5.91 Å². The third kappa shape index (κ3) is 2.85. The minimum atomic E-state index is -0.127. The molecule has 1 saturated carbocycles. The molecule has 88 valence electrons. The molecule has 0 radical (unpaired) electrons. The van der Waals surface area contributed by atoms with Crippen molar-refractivity contribution < 1.29 is 4.79 Å². The summed E-state index contributed by atoms with van der Waals surface area (Å²) in [7, 11) is 0. The number of pyridine rings is 1. The van der Waals surface area contributed by atoms with Crippen LogP contribution in [-0.4, -0.2) is 16.9 Å². The molecule has 3 nitrogen and oxygen atoms in total. The quantitative estimate of drug-likeness (QED) is 0.787. The van der Waals surface area contributed by atoms with Crippen LogP contribution in [0.2, 0.25) is 0 Å². The molecule has 2 rings (SSSR count). The van der Waals surface area contributed by atoms with E-state index in [1.54, 1.807) is 24.4 Å². The van der Waals surface area contributed by atoms with Crippen LogP contribution in [0, 0.1) is 18.3 Å². The summed E-state index contributed by atoms with van der Waals surface area (Å²) < 4.78 is 0. The minimum absolute atomic E-state index is 0.100. The lowest BCUT2D eigenvalue weighted by atomic mass is 9.85. The Morgan fingerprint density at radius 2 is 2.24 bits per heavy atom. The minimum Gasteiger partial charge on any atom is -0.347 e. The molecule has 0 saturated heterocycles. The van der Waals surface area contributed by atoms with Crippen LogP contribution in [-0.2, 0) is 0 Å². The van der Waals surface area contributed by atoms with Gasteiger partial charge in [0.05, 0.1) is 0 Å². The number of hydrogen-bond donors (Lipinski definition) is 1. The highest BCUT2D eigenvalue weighted by Gasteiger charge is 2.25. The van der Waals surface area contributed by atoms with E-state index in [-0.39, 0.29) is 17.9 Å². The lowest BCUT2D eigenvalue weighted by Gasteiger charge is -2.28. The van der Waals surface area contributed by atoms with Crippen molar-refractivity contribution in [1.29, 1.82) is 0 Å². The van der Waals surface area contributed by atoms with Crippen molar-refractivity contribution >= 4 is 5.91 Å². The van der Waals surface area contributed by atoms with Crippen LogP contribution < -0.4 is 5.32 Å². The zero-order chi connectivity index (χ0) is 12.1. The van der Waals surface area contributed by atoms with Crippen LogP contribution in [0.4, 0.5) is 0 Å². The van der Waals surface area contributed by atoms with Gasteiger partial charge >= 0.3 is 0 Å². The normalized spacial score (nSPS) is 23.7. The SMILES string of the molecule is C#CC1CCCCC1NC(=O)c1ccccn1. The third-order valence-electron chi connectivity index (χ3n) is 3.19. The molecule has 2 unspecified atom stereocenters. The van der Waals surface area contributed by atoms with Gasteiger partial charge in [-0.2, -0.15) is 0 Å². The smallest absolute Gasteiger partial charge is 0.270 e. The van der Waals surface area contributed by atoms with Gasteiger partial charge in [0.2, 0.25) is 0 Å². The first-order valence-electron chi connectivity index (χ1n) is 5.99. The molecule has 1 aromatic rings. The largest absolute Gasteiger partial charge is 0.347 e. The number of nitrogens with zero attached hydrogens (tertiary/aromatic N) is 1. The molecule has 2 atom stereocenters. The van der Waals surface area contributed by atoms with Crippen LogP contribution in [0.1, 0.15) is 36.2 Å². The predicted octanol–water partition coefficient (Wildman–Crippen LogP) is 2.00. The fourth-order valence-corrected chi connectivity index (χ4v) is 2.24. The zero-order valence-corrected chi connectivity index (χ0v) is 9.73. The Morgan fingerprint density at radius 1 is 1.41 bits per heavy atom. The Hall–Kier alpha value is -1.82. The van der Waals surface area contributed by atoms with E-state index in [0.717, 1.165) is 25.7 Å². The molecule has 0 bridgehead atoms. The van der Waals surface area contributed by atoms with E-state index < -0.39 is 0 Å². The van der Waals surface area contributed by atoms with E-state index in [4.69, 9.17) is 6.42 Å². The molecule has 0 aromatic carbocycles. The lowest BCUT2D eigenvalue weighted by Crippen LogP contribution is -2.41. The molecule has 1 amide bonds. The van der Waals surface area contributed by atoms with E-state index in [9.17, 15) is 4.79 Å². The first kappa shape index (κ1) is 11.7. The number of carbonyl (C=O) groups is 1. The van der Waals surface area contributed by atoms with Crippen LogP contribution in [0.5, 0.6) is 0 Å². The first-order valence-corrected chi connectivity index (χ1v) is 5.99. The summed E-state index contributed by atoms with van der Waals surface area (Å²) in [6.45, 7) is 0. The summed E-state index contributed by atoms with van der Waals surface area (Å²) in [6.07, 6.45) is 11.4. The lowest BCUT2D eigenvalue weighted by molar-refractivity contribution is 0.0912. The first-order chi connectivity index (χ1) is 8.31. The van der Waals surface area contributed by atoms with Gasteiger partial charge in [-0.1, -0.05) is 18.9 Å². The van der Waals surface area contributed by atoms with Crippen LogP contribution in [0.3, 0.4) is 0 Å². The Kier molecular flexibility index (Phi) is 3.77. The van der Waals surface area contributed by atoms with Crippen LogP contribution in [0.25, 0.3) is 0 Å². The van der Waals surface area contributed by atoms with Crippen LogP contribution in [0.15, 0.2) is 24.4 Å². The Bertz CT molecular complexity index is 422. The van der Waals surface area contributed by atoms with E-state index in [2.05, 4.69) is 16.2 Å². The van der Waals surface area contributed by atoms with Gasteiger partial charge < -0.3 is 5.32 Å². The Morgan fingerprint density at radius 3 is 2.94 bits per heavy atom. The van der Waals surface area contributed by atoms with Gasteiger partial charge in [0.1, 0.15) is 5.69 Å². The number of terminal acetylenes is 1. The molecule has 0 spiro atoms. The van der Waals surface area contributed by atoms with Gasteiger partial charge in [-0.15, -0.1) is 12.3 Å². The maximum atomic E-state index is 11.9. The van der Waals surface area contributed by atoms with Gasteiger partial charge in [-0.05, 0) is 25.0 Å². The van der Waals surface area contributed by atoms with Gasteiger partial charge in [-0.3, -0.25) is 9.78 Å². The monoisotopic (exact) mass is 228 g/mol. The molecule has 1 aromatic heterocycles. The van der Waals surface area contributed by atoms with Crippen molar-refractivity contribution in [1.82, 2.24) is 10.3 Å². The molecule has 17 heavy (non-hydrogen) atoms. The summed E-state index contributed by atoms with van der Waals surface area (Å²) in [4.78, 5) is 16.0. The average molecular weight is 228 g/mol. The van der Waals surface area contributed by atoms with E-state index in [1.807, 2.05) is 0 Å². The fourth-order valence-electron chi connectivity index (χ4n) is 2.24. The molecule has 0 aliphatic heterocycles. The summed E-state index contributed by atoms with van der Waals surface area (Å²) >= 11 is 0. The molecule has 1 N–H and O–H groups in total.